The molecular weight excluding hydrogens is 332 g/mol. The monoisotopic (exact) mass is 350 g/mol. The summed E-state index contributed by atoms with van der Waals surface area (Å²) in [6.07, 6.45) is 6.31. The standard InChI is InChI=1S/C19H18N4OS/c1-3-13-4-6-15(7-5-13)16-11-25-18-17(16)19(24)23(12-20-18)10-14-8-21-22(2)9-14/h4-9,11-12H,3,10H2,1-2H3. The molecule has 0 saturated carbocycles. The Labute approximate surface area is 149 Å². The zero-order valence-electron chi connectivity index (χ0n) is 14.1. The summed E-state index contributed by atoms with van der Waals surface area (Å²) in [5.41, 5.74) is 4.28. The summed E-state index contributed by atoms with van der Waals surface area (Å²) in [6.45, 7) is 2.61. The molecule has 25 heavy (non-hydrogen) atoms. The van der Waals surface area contributed by atoms with Crippen LogP contribution >= 0.6 is 11.3 Å². The fraction of sp³-hybridized carbons (Fsp3) is 0.211. The normalized spacial score (nSPS) is 11.3. The van der Waals surface area contributed by atoms with E-state index in [1.807, 2.05) is 18.6 Å². The number of nitrogens with zero attached hydrogens (tertiary/aromatic N) is 4. The van der Waals surface area contributed by atoms with Gasteiger partial charge in [-0.1, -0.05) is 31.2 Å². The minimum atomic E-state index is -0.00956. The number of aromatic nitrogens is 4. The van der Waals surface area contributed by atoms with E-state index in [4.69, 9.17) is 0 Å². The quantitative estimate of drug-likeness (QED) is 0.566. The Balaban J connectivity index is 1.80. The molecule has 0 unspecified atom stereocenters. The van der Waals surface area contributed by atoms with Gasteiger partial charge in [0.2, 0.25) is 0 Å². The van der Waals surface area contributed by atoms with Crippen LogP contribution in [0.1, 0.15) is 18.1 Å². The maximum absolute atomic E-state index is 13.0. The first-order chi connectivity index (χ1) is 12.2. The predicted molar refractivity (Wildman–Crippen MR) is 101 cm³/mol. The van der Waals surface area contributed by atoms with E-state index in [-0.39, 0.29) is 5.56 Å². The Morgan fingerprint density at radius 1 is 1.16 bits per heavy atom. The van der Waals surface area contributed by atoms with Gasteiger partial charge in [0.1, 0.15) is 4.83 Å². The first kappa shape index (κ1) is 15.8. The van der Waals surface area contributed by atoms with Crippen LogP contribution in [0.2, 0.25) is 0 Å². The van der Waals surface area contributed by atoms with Crippen LogP contribution in [-0.2, 0) is 20.0 Å². The fourth-order valence-electron chi connectivity index (χ4n) is 2.96. The van der Waals surface area contributed by atoms with Crippen molar-refractivity contribution in [1.29, 1.82) is 0 Å². The van der Waals surface area contributed by atoms with Gasteiger partial charge < -0.3 is 0 Å². The topological polar surface area (TPSA) is 52.7 Å². The van der Waals surface area contributed by atoms with Gasteiger partial charge in [0.05, 0.1) is 24.5 Å². The molecule has 0 aliphatic heterocycles. The second-order valence-electron chi connectivity index (χ2n) is 6.08. The van der Waals surface area contributed by atoms with Crippen LogP contribution in [0.5, 0.6) is 0 Å². The Bertz CT molecular complexity index is 1090. The van der Waals surface area contributed by atoms with Crippen LogP contribution in [-0.4, -0.2) is 19.3 Å². The molecule has 0 saturated heterocycles. The molecule has 5 nitrogen and oxygen atoms in total. The first-order valence-electron chi connectivity index (χ1n) is 8.19. The number of hydrogen-bond acceptors (Lipinski definition) is 4. The molecule has 1 aromatic carbocycles. The third-order valence-corrected chi connectivity index (χ3v) is 5.23. The van der Waals surface area contributed by atoms with Crippen molar-refractivity contribution in [2.45, 2.75) is 19.9 Å². The summed E-state index contributed by atoms with van der Waals surface area (Å²) in [7, 11) is 1.87. The Morgan fingerprint density at radius 2 is 1.96 bits per heavy atom. The van der Waals surface area contributed by atoms with Gasteiger partial charge in [-0.15, -0.1) is 11.3 Å². The molecule has 0 N–H and O–H groups in total. The van der Waals surface area contributed by atoms with Gasteiger partial charge in [-0.05, 0) is 17.5 Å². The molecule has 0 aliphatic carbocycles. The molecule has 126 valence electrons. The summed E-state index contributed by atoms with van der Waals surface area (Å²) >= 11 is 1.51. The van der Waals surface area contributed by atoms with E-state index >= 15 is 0 Å². The molecule has 0 spiro atoms. The van der Waals surface area contributed by atoms with Crippen molar-refractivity contribution in [3.63, 3.8) is 0 Å². The number of thiophene rings is 1. The van der Waals surface area contributed by atoms with Crippen LogP contribution < -0.4 is 5.56 Å². The van der Waals surface area contributed by atoms with E-state index in [1.165, 1.54) is 16.9 Å². The number of benzene rings is 1. The molecule has 0 atom stereocenters. The first-order valence-corrected chi connectivity index (χ1v) is 9.07. The maximum Gasteiger partial charge on any atom is 0.263 e. The van der Waals surface area contributed by atoms with Gasteiger partial charge in [-0.2, -0.15) is 5.10 Å². The lowest BCUT2D eigenvalue weighted by Crippen LogP contribution is -2.20. The van der Waals surface area contributed by atoms with Crippen LogP contribution in [0.15, 0.2) is 53.2 Å². The molecule has 6 heteroatoms. The highest BCUT2D eigenvalue weighted by molar-refractivity contribution is 7.17. The zero-order chi connectivity index (χ0) is 17.4. The van der Waals surface area contributed by atoms with E-state index in [1.54, 1.807) is 21.8 Å². The summed E-state index contributed by atoms with van der Waals surface area (Å²) in [4.78, 5) is 18.3. The number of hydrogen-bond donors (Lipinski definition) is 0. The van der Waals surface area contributed by atoms with Gasteiger partial charge in [-0.25, -0.2) is 4.98 Å². The van der Waals surface area contributed by atoms with Crippen molar-refractivity contribution in [2.24, 2.45) is 7.05 Å². The predicted octanol–water partition coefficient (Wildman–Crippen LogP) is 3.47. The molecule has 3 heterocycles. The van der Waals surface area contributed by atoms with Gasteiger partial charge in [0, 0.05) is 29.8 Å². The second-order valence-corrected chi connectivity index (χ2v) is 6.94. The highest BCUT2D eigenvalue weighted by Crippen LogP contribution is 2.30. The summed E-state index contributed by atoms with van der Waals surface area (Å²) in [5.74, 6) is 0. The van der Waals surface area contributed by atoms with Crippen molar-refractivity contribution < 1.29 is 0 Å². The number of aryl methyl sites for hydroxylation is 2. The average molecular weight is 350 g/mol. The lowest BCUT2D eigenvalue weighted by atomic mass is 10.0. The van der Waals surface area contributed by atoms with Gasteiger partial charge in [0.15, 0.2) is 0 Å². The van der Waals surface area contributed by atoms with Gasteiger partial charge in [-0.3, -0.25) is 14.0 Å². The second kappa shape index (κ2) is 6.29. The largest absolute Gasteiger partial charge is 0.294 e. The fourth-order valence-corrected chi connectivity index (χ4v) is 3.87. The third kappa shape index (κ3) is 2.89. The third-order valence-electron chi connectivity index (χ3n) is 4.35. The highest BCUT2D eigenvalue weighted by Gasteiger charge is 2.13. The molecular formula is C19H18N4OS. The van der Waals surface area contributed by atoms with E-state index < -0.39 is 0 Å². The van der Waals surface area contributed by atoms with Crippen LogP contribution in [0.4, 0.5) is 0 Å². The van der Waals surface area contributed by atoms with Crippen molar-refractivity contribution >= 4 is 21.6 Å². The van der Waals surface area contributed by atoms with E-state index in [0.29, 0.717) is 11.9 Å². The van der Waals surface area contributed by atoms with Crippen LogP contribution in [0, 0.1) is 0 Å². The maximum atomic E-state index is 13.0. The van der Waals surface area contributed by atoms with E-state index in [0.717, 1.165) is 27.9 Å². The Morgan fingerprint density at radius 3 is 2.64 bits per heavy atom. The minimum Gasteiger partial charge on any atom is -0.294 e. The summed E-state index contributed by atoms with van der Waals surface area (Å²) in [5, 5.41) is 6.88. The molecule has 0 bridgehead atoms. The molecule has 4 rings (SSSR count). The molecule has 3 aromatic heterocycles. The van der Waals surface area contributed by atoms with E-state index in [9.17, 15) is 4.79 Å². The lowest BCUT2D eigenvalue weighted by molar-refractivity contribution is 0.743. The Hall–Kier alpha value is -2.73. The Kier molecular flexibility index (Phi) is 3.97. The lowest BCUT2D eigenvalue weighted by Gasteiger charge is -2.05. The molecule has 0 fully saturated rings. The SMILES string of the molecule is CCc1ccc(-c2csc3ncn(Cc4cnn(C)c4)c(=O)c23)cc1. The van der Waals surface area contributed by atoms with Gasteiger partial charge in [0.25, 0.3) is 5.56 Å². The summed E-state index contributed by atoms with van der Waals surface area (Å²) in [6, 6.07) is 8.39. The highest BCUT2D eigenvalue weighted by atomic mass is 32.1. The van der Waals surface area contributed by atoms with Crippen molar-refractivity contribution in [2.75, 3.05) is 0 Å². The molecule has 4 aromatic rings. The molecule has 0 aliphatic rings. The molecule has 0 radical (unpaired) electrons. The van der Waals surface area contributed by atoms with Crippen molar-refractivity contribution in [3.05, 3.63) is 69.8 Å². The van der Waals surface area contributed by atoms with Crippen LogP contribution in [0.25, 0.3) is 21.3 Å². The zero-order valence-corrected chi connectivity index (χ0v) is 15.0. The minimum absolute atomic E-state index is 0.00956. The van der Waals surface area contributed by atoms with Crippen molar-refractivity contribution in [1.82, 2.24) is 19.3 Å². The van der Waals surface area contributed by atoms with Crippen molar-refractivity contribution in [3.8, 4) is 11.1 Å². The average Bonchev–Trinajstić information content (AvgIpc) is 3.24. The number of fused-ring (bicyclic) bond motifs is 1. The summed E-state index contributed by atoms with van der Waals surface area (Å²) < 4.78 is 3.38. The van der Waals surface area contributed by atoms with Crippen LogP contribution in [0.3, 0.4) is 0 Å². The van der Waals surface area contributed by atoms with Gasteiger partial charge >= 0.3 is 0 Å². The molecule has 0 amide bonds. The van der Waals surface area contributed by atoms with E-state index in [2.05, 4.69) is 41.3 Å². The number of rotatable bonds is 4. The smallest absolute Gasteiger partial charge is 0.263 e.